The average molecular weight is 580 g/mol. The summed E-state index contributed by atoms with van der Waals surface area (Å²) in [5.41, 5.74) is 4.54. The van der Waals surface area contributed by atoms with Crippen molar-refractivity contribution in [2.24, 2.45) is 0 Å². The van der Waals surface area contributed by atoms with Crippen molar-refractivity contribution in [3.8, 4) is 5.75 Å². The van der Waals surface area contributed by atoms with Gasteiger partial charge in [0.1, 0.15) is 5.75 Å². The molecule has 5 nitrogen and oxygen atoms in total. The smallest absolute Gasteiger partial charge is 0.344 e. The Morgan fingerprint density at radius 2 is 1.95 bits per heavy atom. The lowest BCUT2D eigenvalue weighted by Gasteiger charge is -2.18. The van der Waals surface area contributed by atoms with E-state index in [0.717, 1.165) is 50.7 Å². The van der Waals surface area contributed by atoms with Gasteiger partial charge in [0, 0.05) is 32.7 Å². The number of nitrogens with zero attached hydrogens (tertiary/aromatic N) is 1. The van der Waals surface area contributed by atoms with E-state index in [1.54, 1.807) is 0 Å². The summed E-state index contributed by atoms with van der Waals surface area (Å²) in [6, 6.07) is 23.4. The highest BCUT2D eigenvalue weighted by atomic mass is 79.9. The zero-order chi connectivity index (χ0) is 26.2. The van der Waals surface area contributed by atoms with E-state index in [0.29, 0.717) is 23.7 Å². The first kappa shape index (κ1) is 26.7. The molecule has 1 heterocycles. The number of anilines is 1. The van der Waals surface area contributed by atoms with E-state index in [1.165, 1.54) is 0 Å². The molecule has 37 heavy (non-hydrogen) atoms. The van der Waals surface area contributed by atoms with Gasteiger partial charge in [0.2, 0.25) is 0 Å². The highest BCUT2D eigenvalue weighted by Gasteiger charge is 2.20. The Morgan fingerprint density at radius 3 is 2.76 bits per heavy atom. The fourth-order valence-corrected chi connectivity index (χ4v) is 4.48. The summed E-state index contributed by atoms with van der Waals surface area (Å²) in [6.07, 6.45) is 5.31. The number of hydrogen-bond acceptors (Lipinski definition) is 4. The minimum Gasteiger partial charge on any atom is -0.479 e. The number of pyridine rings is 1. The number of carboxylic acid groups (broad SMARTS) is 1. The third kappa shape index (κ3) is 7.57. The Hall–Kier alpha value is -3.35. The Kier molecular flexibility index (Phi) is 9.20. The predicted octanol–water partition coefficient (Wildman–Crippen LogP) is 8.46. The Labute approximate surface area is 230 Å². The normalized spacial score (nSPS) is 12.1. The quantitative estimate of drug-likeness (QED) is 0.186. The van der Waals surface area contributed by atoms with Crippen LogP contribution in [0.2, 0.25) is 5.02 Å². The van der Waals surface area contributed by atoms with E-state index in [-0.39, 0.29) is 0 Å². The largest absolute Gasteiger partial charge is 0.479 e. The maximum Gasteiger partial charge on any atom is 0.344 e. The molecule has 7 heteroatoms. The number of fused-ring (bicyclic) bond motifs is 1. The number of carboxylic acids is 1. The van der Waals surface area contributed by atoms with E-state index in [9.17, 15) is 9.90 Å². The van der Waals surface area contributed by atoms with Crippen molar-refractivity contribution >= 4 is 62.2 Å². The van der Waals surface area contributed by atoms with Crippen molar-refractivity contribution in [3.05, 3.63) is 99.1 Å². The van der Waals surface area contributed by atoms with Gasteiger partial charge >= 0.3 is 5.97 Å². The van der Waals surface area contributed by atoms with Gasteiger partial charge in [0.05, 0.1) is 11.2 Å². The van der Waals surface area contributed by atoms with Crippen molar-refractivity contribution < 1.29 is 14.6 Å². The molecule has 0 aliphatic rings. The molecule has 0 saturated carbocycles. The summed E-state index contributed by atoms with van der Waals surface area (Å²) in [4.78, 5) is 16.4. The molecule has 3 aromatic carbocycles. The number of hydrogen-bond donors (Lipinski definition) is 2. The van der Waals surface area contributed by atoms with Crippen LogP contribution in [0.5, 0.6) is 5.75 Å². The molecular weight excluding hydrogens is 552 g/mol. The second kappa shape index (κ2) is 12.7. The summed E-state index contributed by atoms with van der Waals surface area (Å²) in [6.45, 7) is 2.51. The molecule has 1 unspecified atom stereocenters. The molecule has 0 aliphatic heterocycles. The number of nitrogens with one attached hydrogen (secondary N) is 1. The molecule has 0 amide bonds. The number of carbonyl (C=O) groups is 1. The van der Waals surface area contributed by atoms with Gasteiger partial charge in [-0.05, 0) is 73.0 Å². The summed E-state index contributed by atoms with van der Waals surface area (Å²) in [7, 11) is 0. The average Bonchev–Trinajstić information content (AvgIpc) is 2.89. The minimum absolute atomic E-state index is 0.474. The monoisotopic (exact) mass is 578 g/mol. The molecule has 1 atom stereocenters. The molecule has 0 spiro atoms. The molecule has 2 N–H and O–H groups in total. The molecule has 0 saturated heterocycles. The number of aliphatic carboxylic acids is 1. The van der Waals surface area contributed by atoms with Crippen LogP contribution >= 0.6 is 27.5 Å². The molecule has 0 fully saturated rings. The van der Waals surface area contributed by atoms with Crippen molar-refractivity contribution in [2.45, 2.75) is 38.8 Å². The number of rotatable bonds is 11. The maximum absolute atomic E-state index is 11.7. The molecule has 0 aliphatic carbocycles. The summed E-state index contributed by atoms with van der Waals surface area (Å²) >= 11 is 9.62. The fraction of sp³-hybridized carbons (Fsp3) is 0.200. The molecule has 4 rings (SSSR count). The first-order valence-electron chi connectivity index (χ1n) is 12.2. The van der Waals surface area contributed by atoms with Gasteiger partial charge in [-0.1, -0.05) is 71.2 Å². The summed E-state index contributed by atoms with van der Waals surface area (Å²) in [5.74, 6) is -0.378. The maximum atomic E-state index is 11.7. The van der Waals surface area contributed by atoms with Gasteiger partial charge in [0.25, 0.3) is 0 Å². The van der Waals surface area contributed by atoms with Crippen LogP contribution in [0, 0.1) is 0 Å². The lowest BCUT2D eigenvalue weighted by molar-refractivity contribution is -0.145. The second-order valence-electron chi connectivity index (χ2n) is 8.72. The van der Waals surface area contributed by atoms with Crippen LogP contribution < -0.4 is 10.1 Å². The fourth-order valence-electron chi connectivity index (χ4n) is 3.91. The number of halogens is 2. The molecule has 1 aromatic heterocycles. The summed E-state index contributed by atoms with van der Waals surface area (Å²) < 4.78 is 6.82. The second-order valence-corrected chi connectivity index (χ2v) is 10.1. The van der Waals surface area contributed by atoms with Crippen LogP contribution in [-0.2, 0) is 11.3 Å². The number of aromatic nitrogens is 1. The van der Waals surface area contributed by atoms with E-state index in [2.05, 4.69) is 26.2 Å². The summed E-state index contributed by atoms with van der Waals surface area (Å²) in [5, 5.41) is 14.7. The van der Waals surface area contributed by atoms with Crippen LogP contribution in [-0.4, -0.2) is 22.2 Å². The lowest BCUT2D eigenvalue weighted by Crippen LogP contribution is -2.27. The van der Waals surface area contributed by atoms with Crippen molar-refractivity contribution in [3.63, 3.8) is 0 Å². The van der Waals surface area contributed by atoms with Crippen LogP contribution in [0.4, 0.5) is 5.69 Å². The Balaban J connectivity index is 1.46. The van der Waals surface area contributed by atoms with Gasteiger partial charge in [-0.2, -0.15) is 0 Å². The Bertz CT molecular complexity index is 1420. The molecule has 4 aromatic rings. The number of benzene rings is 3. The van der Waals surface area contributed by atoms with Crippen LogP contribution in [0.15, 0.2) is 77.3 Å². The van der Waals surface area contributed by atoms with Crippen molar-refractivity contribution in [1.29, 1.82) is 0 Å². The molecule has 0 radical (unpaired) electrons. The molecular formula is C30H28BrClN2O3. The van der Waals surface area contributed by atoms with Gasteiger partial charge in [-0.15, -0.1) is 0 Å². The van der Waals surface area contributed by atoms with Gasteiger partial charge < -0.3 is 15.2 Å². The van der Waals surface area contributed by atoms with E-state index < -0.39 is 12.1 Å². The number of ether oxygens (including phenoxy) is 1. The lowest BCUT2D eigenvalue weighted by atomic mass is 10.1. The third-order valence-electron chi connectivity index (χ3n) is 5.88. The minimum atomic E-state index is -0.946. The van der Waals surface area contributed by atoms with Crippen molar-refractivity contribution in [1.82, 2.24) is 4.98 Å². The SMILES string of the molecule is CCCCC(Oc1ccc(Br)cc1CNc1cccc(C=Cc2ccc3ccc(Cl)cc3n2)c1)C(=O)O. The zero-order valence-electron chi connectivity index (χ0n) is 20.5. The van der Waals surface area contributed by atoms with Gasteiger partial charge in [-0.3, -0.25) is 0 Å². The van der Waals surface area contributed by atoms with Crippen LogP contribution in [0.3, 0.4) is 0 Å². The predicted molar refractivity (Wildman–Crippen MR) is 155 cm³/mol. The first-order chi connectivity index (χ1) is 17.9. The topological polar surface area (TPSA) is 71.5 Å². The van der Waals surface area contributed by atoms with Crippen LogP contribution in [0.1, 0.15) is 43.0 Å². The Morgan fingerprint density at radius 1 is 1.11 bits per heavy atom. The van der Waals surface area contributed by atoms with E-state index in [1.807, 2.05) is 91.9 Å². The third-order valence-corrected chi connectivity index (χ3v) is 6.61. The molecule has 190 valence electrons. The van der Waals surface area contributed by atoms with Crippen LogP contribution in [0.25, 0.3) is 23.1 Å². The molecule has 0 bridgehead atoms. The standard InChI is InChI=1S/C30H28BrClN2O3/c1-2-3-7-29(30(35)36)37-28-15-11-23(31)17-22(28)19-33-26-6-4-5-20(16-26)8-13-25-14-10-21-9-12-24(32)18-27(21)34-25/h4-6,8-18,29,33H,2-3,7,19H2,1H3,(H,35,36). The first-order valence-corrected chi connectivity index (χ1v) is 13.3. The number of unbranched alkanes of at least 4 members (excludes halogenated alkanes) is 1. The van der Waals surface area contributed by atoms with Gasteiger partial charge in [0.15, 0.2) is 6.10 Å². The van der Waals surface area contributed by atoms with Crippen molar-refractivity contribution in [2.75, 3.05) is 5.32 Å². The highest BCUT2D eigenvalue weighted by Crippen LogP contribution is 2.27. The van der Waals surface area contributed by atoms with Gasteiger partial charge in [-0.25, -0.2) is 9.78 Å². The highest BCUT2D eigenvalue weighted by molar-refractivity contribution is 9.10. The van der Waals surface area contributed by atoms with E-state index in [4.69, 9.17) is 16.3 Å². The zero-order valence-corrected chi connectivity index (χ0v) is 22.8. The van der Waals surface area contributed by atoms with E-state index >= 15 is 0 Å².